The number of carbonyl (C=O) groups excluding carboxylic acids is 1. The van der Waals surface area contributed by atoms with Gasteiger partial charge in [-0.25, -0.2) is 14.5 Å². The van der Waals surface area contributed by atoms with E-state index in [4.69, 9.17) is 24.3 Å². The normalized spacial score (nSPS) is 14.5. The van der Waals surface area contributed by atoms with Gasteiger partial charge in [-0.1, -0.05) is 55.0 Å². The summed E-state index contributed by atoms with van der Waals surface area (Å²) in [5.74, 6) is 0.960. The van der Waals surface area contributed by atoms with Gasteiger partial charge in [0.2, 0.25) is 0 Å². The van der Waals surface area contributed by atoms with Crippen molar-refractivity contribution >= 4 is 23.4 Å². The number of unbranched alkanes of at least 4 members (excludes halogenated alkanes) is 1. The molecule has 0 N–H and O–H groups in total. The number of benzene rings is 3. The first kappa shape index (κ1) is 32.7. The maximum atomic E-state index is 14.4. The summed E-state index contributed by atoms with van der Waals surface area (Å²) in [7, 11) is 1.59. The van der Waals surface area contributed by atoms with Gasteiger partial charge in [0.15, 0.2) is 4.80 Å². The Morgan fingerprint density at radius 2 is 1.71 bits per heavy atom. The number of allylic oxidation sites excluding steroid dienone is 1. The van der Waals surface area contributed by atoms with E-state index in [0.717, 1.165) is 41.0 Å². The molecule has 0 spiro atoms. The fourth-order valence-electron chi connectivity index (χ4n) is 5.58. The zero-order chi connectivity index (χ0) is 33.8. The monoisotopic (exact) mass is 662 g/mol. The molecule has 3 aromatic carbocycles. The van der Waals surface area contributed by atoms with Crippen LogP contribution in [-0.2, 0) is 9.53 Å². The number of carbonyl (C=O) groups is 1. The predicted octanol–water partition coefficient (Wildman–Crippen LogP) is 6.23. The minimum absolute atomic E-state index is 0.264. The minimum Gasteiger partial charge on any atom is -0.497 e. The van der Waals surface area contributed by atoms with Crippen molar-refractivity contribution in [2.75, 3.05) is 13.7 Å². The molecule has 2 aromatic heterocycles. The van der Waals surface area contributed by atoms with Crippen LogP contribution in [0.2, 0.25) is 0 Å². The number of thiazole rings is 1. The highest BCUT2D eigenvalue weighted by Crippen LogP contribution is 2.32. The number of esters is 1. The van der Waals surface area contributed by atoms with E-state index in [0.29, 0.717) is 38.7 Å². The topological polar surface area (TPSA) is 96.9 Å². The molecule has 48 heavy (non-hydrogen) atoms. The zero-order valence-corrected chi connectivity index (χ0v) is 28.5. The van der Waals surface area contributed by atoms with Crippen LogP contribution in [0.5, 0.6) is 11.5 Å². The van der Waals surface area contributed by atoms with Crippen LogP contribution < -0.4 is 24.4 Å². The van der Waals surface area contributed by atoms with Gasteiger partial charge in [0, 0.05) is 17.3 Å². The molecule has 0 bridgehead atoms. The van der Waals surface area contributed by atoms with Gasteiger partial charge in [0.05, 0.1) is 47.4 Å². The summed E-state index contributed by atoms with van der Waals surface area (Å²) in [5, 5.41) is 4.95. The molecular formula is C38H38N4O5S. The number of fused-ring (bicyclic) bond motifs is 1. The highest BCUT2D eigenvalue weighted by molar-refractivity contribution is 7.07. The smallest absolute Gasteiger partial charge is 0.338 e. The Kier molecular flexibility index (Phi) is 9.72. The molecule has 1 unspecified atom stereocenters. The molecular weight excluding hydrogens is 625 g/mol. The molecule has 3 heterocycles. The van der Waals surface area contributed by atoms with Crippen molar-refractivity contribution in [1.29, 1.82) is 0 Å². The van der Waals surface area contributed by atoms with Crippen LogP contribution in [0.3, 0.4) is 0 Å². The predicted molar refractivity (Wildman–Crippen MR) is 187 cm³/mol. The van der Waals surface area contributed by atoms with E-state index < -0.39 is 12.0 Å². The molecule has 10 heteroatoms. The largest absolute Gasteiger partial charge is 0.497 e. The van der Waals surface area contributed by atoms with E-state index in [1.54, 1.807) is 32.4 Å². The van der Waals surface area contributed by atoms with Gasteiger partial charge >= 0.3 is 5.97 Å². The molecule has 6 rings (SSSR count). The molecule has 0 radical (unpaired) electrons. The van der Waals surface area contributed by atoms with Crippen molar-refractivity contribution in [1.82, 2.24) is 14.3 Å². The fourth-order valence-corrected chi connectivity index (χ4v) is 6.61. The van der Waals surface area contributed by atoms with Gasteiger partial charge in [-0.2, -0.15) is 5.10 Å². The molecule has 9 nitrogen and oxygen atoms in total. The molecule has 246 valence electrons. The molecule has 5 aromatic rings. The Labute approximate surface area is 283 Å². The van der Waals surface area contributed by atoms with Crippen LogP contribution in [0, 0.1) is 0 Å². The van der Waals surface area contributed by atoms with E-state index >= 15 is 0 Å². The Morgan fingerprint density at radius 1 is 1.00 bits per heavy atom. The molecule has 0 saturated heterocycles. The van der Waals surface area contributed by atoms with Crippen LogP contribution in [0.1, 0.15) is 57.7 Å². The molecule has 1 aliphatic heterocycles. The number of para-hydroxylation sites is 1. The lowest BCUT2D eigenvalue weighted by molar-refractivity contribution is -0.143. The molecule has 0 amide bonds. The van der Waals surface area contributed by atoms with E-state index in [1.807, 2.05) is 95.8 Å². The summed E-state index contributed by atoms with van der Waals surface area (Å²) < 4.78 is 20.8. The van der Waals surface area contributed by atoms with E-state index in [2.05, 4.69) is 6.92 Å². The van der Waals surface area contributed by atoms with Crippen LogP contribution in [0.15, 0.2) is 106 Å². The second-order valence-electron chi connectivity index (χ2n) is 11.7. The average Bonchev–Trinajstić information content (AvgIpc) is 3.65. The van der Waals surface area contributed by atoms with E-state index in [-0.39, 0.29) is 11.7 Å². The van der Waals surface area contributed by atoms with Crippen LogP contribution in [0.4, 0.5) is 0 Å². The maximum Gasteiger partial charge on any atom is 0.338 e. The summed E-state index contributed by atoms with van der Waals surface area (Å²) in [5.41, 5.74) is 4.57. The lowest BCUT2D eigenvalue weighted by atomic mass is 9.96. The summed E-state index contributed by atoms with van der Waals surface area (Å²) in [6.45, 7) is 8.17. The number of aromatic nitrogens is 3. The van der Waals surface area contributed by atoms with Gasteiger partial charge in [-0.15, -0.1) is 0 Å². The standard InChI is InChI=1S/C38H38N4O5S/c1-6-7-21-46-31-19-13-26(14-20-31)34-28(23-41(40-34)29-11-9-8-10-12-29)22-32-36(43)42-35(27-15-17-30(45-5)18-16-27)33(37(44)47-24(2)3)25(4)39-38(42)48-32/h8-20,22-24,35H,6-7,21H2,1-5H3/b32-22+. The van der Waals surface area contributed by atoms with Gasteiger partial charge in [-0.3, -0.25) is 9.36 Å². The Bertz CT molecular complexity index is 2130. The van der Waals surface area contributed by atoms with Crippen molar-refractivity contribution in [2.45, 2.75) is 52.7 Å². The number of methoxy groups -OCH3 is 1. The second-order valence-corrected chi connectivity index (χ2v) is 12.8. The third kappa shape index (κ3) is 6.75. The van der Waals surface area contributed by atoms with Gasteiger partial charge < -0.3 is 14.2 Å². The lowest BCUT2D eigenvalue weighted by Crippen LogP contribution is -2.40. The summed E-state index contributed by atoms with van der Waals surface area (Å²) >= 11 is 1.28. The summed E-state index contributed by atoms with van der Waals surface area (Å²) in [4.78, 5) is 33.1. The Balaban J connectivity index is 1.49. The van der Waals surface area contributed by atoms with Crippen molar-refractivity contribution in [3.63, 3.8) is 0 Å². The average molecular weight is 663 g/mol. The number of nitrogens with zero attached hydrogens (tertiary/aromatic N) is 4. The van der Waals surface area contributed by atoms with Crippen molar-refractivity contribution < 1.29 is 19.0 Å². The maximum absolute atomic E-state index is 14.4. The highest BCUT2D eigenvalue weighted by atomic mass is 32.1. The molecule has 1 atom stereocenters. The first-order valence-electron chi connectivity index (χ1n) is 16.0. The van der Waals surface area contributed by atoms with Crippen LogP contribution in [-0.4, -0.2) is 40.1 Å². The molecule has 1 aliphatic rings. The lowest BCUT2D eigenvalue weighted by Gasteiger charge is -2.25. The Hall–Kier alpha value is -5.22. The molecule has 0 saturated carbocycles. The second kappa shape index (κ2) is 14.3. The third-order valence-corrected chi connectivity index (χ3v) is 8.94. The minimum atomic E-state index is -0.729. The number of hydrogen-bond donors (Lipinski definition) is 0. The quantitative estimate of drug-likeness (QED) is 0.123. The zero-order valence-electron chi connectivity index (χ0n) is 27.7. The fraction of sp³-hybridized carbons (Fsp3) is 0.263. The van der Waals surface area contributed by atoms with Crippen molar-refractivity contribution in [3.05, 3.63) is 127 Å². The van der Waals surface area contributed by atoms with Gasteiger partial charge in [-0.05, 0) is 87.4 Å². The highest BCUT2D eigenvalue weighted by Gasteiger charge is 2.34. The van der Waals surface area contributed by atoms with E-state index in [9.17, 15) is 9.59 Å². The first-order chi connectivity index (χ1) is 23.3. The third-order valence-electron chi connectivity index (χ3n) is 7.96. The van der Waals surface area contributed by atoms with Crippen LogP contribution in [0.25, 0.3) is 23.0 Å². The SMILES string of the molecule is CCCCOc1ccc(-c2nn(-c3ccccc3)cc2/C=c2/sc3n(c2=O)C(c2ccc(OC)cc2)C(C(=O)OC(C)C)=C(C)N=3)cc1. The van der Waals surface area contributed by atoms with Crippen molar-refractivity contribution in [2.24, 2.45) is 4.99 Å². The van der Waals surface area contributed by atoms with Crippen LogP contribution >= 0.6 is 11.3 Å². The summed E-state index contributed by atoms with van der Waals surface area (Å²) in [6.07, 6.45) is 5.49. The Morgan fingerprint density at radius 3 is 2.38 bits per heavy atom. The number of hydrogen-bond acceptors (Lipinski definition) is 8. The first-order valence-corrected chi connectivity index (χ1v) is 16.8. The molecule has 0 aliphatic carbocycles. The molecule has 0 fully saturated rings. The van der Waals surface area contributed by atoms with Crippen molar-refractivity contribution in [3.8, 4) is 28.4 Å². The van der Waals surface area contributed by atoms with E-state index in [1.165, 1.54) is 11.3 Å². The van der Waals surface area contributed by atoms with Gasteiger partial charge in [0.1, 0.15) is 17.2 Å². The number of rotatable bonds is 11. The number of ether oxygens (including phenoxy) is 3. The summed E-state index contributed by atoms with van der Waals surface area (Å²) in [6, 6.07) is 24.3. The van der Waals surface area contributed by atoms with Gasteiger partial charge in [0.25, 0.3) is 5.56 Å².